The smallest absolute Gasteiger partial charge is 0.147 e. The summed E-state index contributed by atoms with van der Waals surface area (Å²) >= 11 is 6.38. The highest BCUT2D eigenvalue weighted by atomic mass is 35.5. The molecule has 0 unspecified atom stereocenters. The Morgan fingerprint density at radius 3 is 2.75 bits per heavy atom. The van der Waals surface area contributed by atoms with Gasteiger partial charge >= 0.3 is 0 Å². The van der Waals surface area contributed by atoms with E-state index in [2.05, 4.69) is 26.3 Å². The number of pyridine rings is 1. The van der Waals surface area contributed by atoms with Crippen LogP contribution < -0.4 is 10.6 Å². The number of amidine groups is 1. The SMILES string of the molecule is C=C(/N=C(\C=C(/N)c1ccc(F)c(C)c1)N1CCN(c2ncccc2Cl)CC1)N1CCC[C@H]1COC. The molecular weight excluding hydrogens is 479 g/mol. The molecule has 0 radical (unpaired) electrons. The Morgan fingerprint density at radius 2 is 2.06 bits per heavy atom. The number of anilines is 1. The first-order valence-electron chi connectivity index (χ1n) is 12.2. The van der Waals surface area contributed by atoms with Crippen LogP contribution in [0.25, 0.3) is 5.70 Å². The highest BCUT2D eigenvalue weighted by Gasteiger charge is 2.27. The molecule has 0 spiro atoms. The molecular formula is C27H34ClFN6O. The number of nitrogens with zero attached hydrogens (tertiary/aromatic N) is 5. The Kier molecular flexibility index (Phi) is 8.48. The van der Waals surface area contributed by atoms with Gasteiger partial charge in [0.25, 0.3) is 0 Å². The number of aryl methyl sites for hydroxylation is 1. The minimum absolute atomic E-state index is 0.253. The van der Waals surface area contributed by atoms with Crippen molar-refractivity contribution in [2.75, 3.05) is 51.3 Å². The Bertz CT molecular complexity index is 1140. The third-order valence-electron chi connectivity index (χ3n) is 6.73. The van der Waals surface area contributed by atoms with Gasteiger partial charge in [-0.25, -0.2) is 14.4 Å². The summed E-state index contributed by atoms with van der Waals surface area (Å²) in [7, 11) is 1.72. The number of rotatable bonds is 7. The maximum absolute atomic E-state index is 13.8. The highest BCUT2D eigenvalue weighted by molar-refractivity contribution is 6.32. The number of nitrogens with two attached hydrogens (primary N) is 1. The Morgan fingerprint density at radius 1 is 1.28 bits per heavy atom. The van der Waals surface area contributed by atoms with Crippen molar-refractivity contribution in [3.8, 4) is 0 Å². The van der Waals surface area contributed by atoms with Gasteiger partial charge in [-0.15, -0.1) is 0 Å². The fourth-order valence-electron chi connectivity index (χ4n) is 4.74. The van der Waals surface area contributed by atoms with Crippen LogP contribution in [0, 0.1) is 12.7 Å². The minimum atomic E-state index is -0.253. The molecule has 3 heterocycles. The second-order valence-electron chi connectivity index (χ2n) is 9.18. The van der Waals surface area contributed by atoms with Crippen LogP contribution >= 0.6 is 11.6 Å². The number of hydrogen-bond acceptors (Lipinski definition) is 6. The van der Waals surface area contributed by atoms with Crippen molar-refractivity contribution < 1.29 is 9.13 Å². The van der Waals surface area contributed by atoms with E-state index in [0.29, 0.717) is 41.8 Å². The zero-order valence-electron chi connectivity index (χ0n) is 21.0. The third-order valence-corrected chi connectivity index (χ3v) is 7.02. The predicted molar refractivity (Wildman–Crippen MR) is 145 cm³/mol. The van der Waals surface area contributed by atoms with E-state index < -0.39 is 0 Å². The molecule has 1 aromatic carbocycles. The lowest BCUT2D eigenvalue weighted by molar-refractivity contribution is 0.132. The fraction of sp³-hybridized carbons (Fsp3) is 0.407. The Balaban J connectivity index is 1.59. The third kappa shape index (κ3) is 5.99. The first-order valence-corrected chi connectivity index (χ1v) is 12.6. The first-order chi connectivity index (χ1) is 17.4. The van der Waals surface area contributed by atoms with Gasteiger partial charge in [0.1, 0.15) is 23.3 Å². The van der Waals surface area contributed by atoms with Crippen LogP contribution in [-0.4, -0.2) is 73.1 Å². The van der Waals surface area contributed by atoms with Crippen LogP contribution in [0.3, 0.4) is 0 Å². The second-order valence-corrected chi connectivity index (χ2v) is 9.58. The van der Waals surface area contributed by atoms with Gasteiger partial charge in [-0.3, -0.25) is 0 Å². The average Bonchev–Trinajstić information content (AvgIpc) is 3.34. The first kappa shape index (κ1) is 26.0. The van der Waals surface area contributed by atoms with Crippen molar-refractivity contribution in [3.63, 3.8) is 0 Å². The van der Waals surface area contributed by atoms with E-state index in [-0.39, 0.29) is 11.9 Å². The second kappa shape index (κ2) is 11.8. The maximum atomic E-state index is 13.8. The van der Waals surface area contributed by atoms with E-state index >= 15 is 0 Å². The minimum Gasteiger partial charge on any atom is -0.398 e. The van der Waals surface area contributed by atoms with E-state index in [0.717, 1.165) is 49.7 Å². The molecule has 2 aromatic rings. The monoisotopic (exact) mass is 512 g/mol. The fourth-order valence-corrected chi connectivity index (χ4v) is 4.98. The normalized spacial score (nSPS) is 19.2. The zero-order valence-corrected chi connectivity index (χ0v) is 21.7. The molecule has 2 fully saturated rings. The molecule has 7 nitrogen and oxygen atoms in total. The van der Waals surface area contributed by atoms with Crippen LogP contribution in [0.2, 0.25) is 5.02 Å². The number of halogens is 2. The summed E-state index contributed by atoms with van der Waals surface area (Å²) in [5, 5.41) is 0.641. The number of methoxy groups -OCH3 is 1. The Labute approximate surface area is 217 Å². The van der Waals surface area contributed by atoms with Crippen molar-refractivity contribution in [1.29, 1.82) is 0 Å². The molecule has 9 heteroatoms. The number of piperazine rings is 1. The summed E-state index contributed by atoms with van der Waals surface area (Å²) < 4.78 is 19.2. The molecule has 0 amide bonds. The Hall–Kier alpha value is -3.10. The molecule has 36 heavy (non-hydrogen) atoms. The lowest BCUT2D eigenvalue weighted by Crippen LogP contribution is -2.49. The standard InChI is InChI=1S/C27H34ClFN6O/c1-19-16-21(8-9-24(19)29)25(30)17-26(32-20(2)35-11-5-6-22(35)18-36-3)33-12-14-34(15-13-33)27-23(28)7-4-10-31-27/h4,7-10,16-17,22H,2,5-6,11-15,18,30H2,1,3H3/b25-17-,32-26+/t22-/m0/s1. The van der Waals surface area contributed by atoms with Crippen LogP contribution in [0.5, 0.6) is 0 Å². The van der Waals surface area contributed by atoms with Gasteiger partial charge in [-0.05, 0) is 61.2 Å². The van der Waals surface area contributed by atoms with Gasteiger partial charge in [0.05, 0.1) is 17.7 Å². The largest absolute Gasteiger partial charge is 0.398 e. The van der Waals surface area contributed by atoms with E-state index in [4.69, 9.17) is 27.1 Å². The van der Waals surface area contributed by atoms with Crippen LogP contribution in [0.4, 0.5) is 10.2 Å². The van der Waals surface area contributed by atoms with Crippen LogP contribution in [0.15, 0.2) is 60.0 Å². The number of likely N-dealkylation sites (tertiary alicyclic amines) is 1. The highest BCUT2D eigenvalue weighted by Crippen LogP contribution is 2.25. The molecule has 0 bridgehead atoms. The summed E-state index contributed by atoms with van der Waals surface area (Å²) in [6, 6.07) is 8.83. The van der Waals surface area contributed by atoms with E-state index in [1.165, 1.54) is 6.07 Å². The molecule has 1 aromatic heterocycles. The van der Waals surface area contributed by atoms with Crippen LogP contribution in [-0.2, 0) is 4.74 Å². The predicted octanol–water partition coefficient (Wildman–Crippen LogP) is 4.28. The van der Waals surface area contributed by atoms with Crippen molar-refractivity contribution >= 4 is 29.0 Å². The molecule has 4 rings (SSSR count). The quantitative estimate of drug-likeness (QED) is 0.441. The number of aliphatic imine (C=N–C) groups is 1. The number of ether oxygens (including phenoxy) is 1. The average molecular weight is 513 g/mol. The summed E-state index contributed by atoms with van der Waals surface area (Å²) in [5.41, 5.74) is 8.32. The van der Waals surface area contributed by atoms with Gasteiger partial charge in [0.15, 0.2) is 0 Å². The molecule has 2 saturated heterocycles. The van der Waals surface area contributed by atoms with E-state index in [9.17, 15) is 4.39 Å². The maximum Gasteiger partial charge on any atom is 0.147 e. The van der Waals surface area contributed by atoms with Gasteiger partial charge in [-0.1, -0.05) is 18.2 Å². The molecule has 0 aliphatic carbocycles. The van der Waals surface area contributed by atoms with Crippen molar-refractivity contribution in [3.05, 3.63) is 77.0 Å². The zero-order chi connectivity index (χ0) is 25.7. The summed E-state index contributed by atoms with van der Waals surface area (Å²) in [6.45, 7) is 10.5. The van der Waals surface area contributed by atoms with E-state index in [1.807, 2.05) is 18.2 Å². The van der Waals surface area contributed by atoms with Gasteiger partial charge < -0.3 is 25.2 Å². The molecule has 0 saturated carbocycles. The van der Waals surface area contributed by atoms with Crippen molar-refractivity contribution in [2.24, 2.45) is 10.7 Å². The van der Waals surface area contributed by atoms with Gasteiger partial charge in [-0.2, -0.15) is 0 Å². The molecule has 1 atom stereocenters. The lowest BCUT2D eigenvalue weighted by Gasteiger charge is -2.37. The summed E-state index contributed by atoms with van der Waals surface area (Å²) in [4.78, 5) is 16.0. The van der Waals surface area contributed by atoms with Gasteiger partial charge in [0.2, 0.25) is 0 Å². The number of benzene rings is 1. The summed E-state index contributed by atoms with van der Waals surface area (Å²) in [5.74, 6) is 1.96. The molecule has 2 aliphatic rings. The number of aromatic nitrogens is 1. The topological polar surface area (TPSA) is 70.2 Å². The van der Waals surface area contributed by atoms with Gasteiger partial charge in [0, 0.05) is 57.8 Å². The van der Waals surface area contributed by atoms with Crippen LogP contribution in [0.1, 0.15) is 24.0 Å². The van der Waals surface area contributed by atoms with Crippen molar-refractivity contribution in [1.82, 2.24) is 14.8 Å². The molecule has 2 N–H and O–H groups in total. The molecule has 192 valence electrons. The van der Waals surface area contributed by atoms with Crippen molar-refractivity contribution in [2.45, 2.75) is 25.8 Å². The summed E-state index contributed by atoms with van der Waals surface area (Å²) in [6.07, 6.45) is 5.75. The lowest BCUT2D eigenvalue weighted by atomic mass is 10.1. The van der Waals surface area contributed by atoms with E-state index in [1.54, 1.807) is 32.4 Å². The number of hydrogen-bond donors (Lipinski definition) is 1. The molecule has 2 aliphatic heterocycles.